The molecular weight excluding hydrogens is 217 g/mol. The van der Waals surface area contributed by atoms with Gasteiger partial charge < -0.3 is 10.1 Å². The number of ether oxygens (including phenoxy) is 1. The molecule has 1 N–H and O–H groups in total. The number of benzene rings is 1. The Kier molecular flexibility index (Phi) is 2.85. The van der Waals surface area contributed by atoms with Crippen LogP contribution in [0.4, 0.5) is 4.39 Å². The highest BCUT2D eigenvalue weighted by Crippen LogP contribution is 2.42. The lowest BCUT2D eigenvalue weighted by Crippen LogP contribution is -2.24. The summed E-state index contributed by atoms with van der Waals surface area (Å²) in [6.07, 6.45) is 0.438. The summed E-state index contributed by atoms with van der Waals surface area (Å²) in [6, 6.07) is 5.19. The summed E-state index contributed by atoms with van der Waals surface area (Å²) in [7, 11) is 1.53. The lowest BCUT2D eigenvalue weighted by Gasteiger charge is -2.22. The van der Waals surface area contributed by atoms with Crippen molar-refractivity contribution in [3.05, 3.63) is 28.8 Å². The largest absolute Gasteiger partial charge is 0.496 e. The van der Waals surface area contributed by atoms with Crippen molar-refractivity contribution in [3.8, 4) is 5.75 Å². The van der Waals surface area contributed by atoms with Gasteiger partial charge in [0.1, 0.15) is 5.75 Å². The third kappa shape index (κ3) is 1.82. The Morgan fingerprint density at radius 2 is 2.33 bits per heavy atom. The summed E-state index contributed by atoms with van der Waals surface area (Å²) in [4.78, 5) is 0. The Bertz CT molecular complexity index is 364. The van der Waals surface area contributed by atoms with Gasteiger partial charge in [-0.05, 0) is 25.1 Å². The average molecular weight is 230 g/mol. The maximum atomic E-state index is 14.5. The summed E-state index contributed by atoms with van der Waals surface area (Å²) in [5, 5.41) is 3.43. The van der Waals surface area contributed by atoms with E-state index in [4.69, 9.17) is 16.3 Å². The van der Waals surface area contributed by atoms with Crippen LogP contribution in [0.15, 0.2) is 18.2 Å². The Morgan fingerprint density at radius 1 is 1.53 bits per heavy atom. The van der Waals surface area contributed by atoms with Crippen LogP contribution in [0.3, 0.4) is 0 Å². The fraction of sp³-hybridized carbons (Fsp3) is 0.455. The zero-order valence-electron chi connectivity index (χ0n) is 8.52. The molecule has 0 aliphatic carbocycles. The smallest absolute Gasteiger partial charge is 0.154 e. The highest BCUT2D eigenvalue weighted by molar-refractivity contribution is 6.31. The summed E-state index contributed by atoms with van der Waals surface area (Å²) in [5.41, 5.74) is -0.928. The van der Waals surface area contributed by atoms with Crippen LogP contribution in [0.1, 0.15) is 12.0 Å². The Morgan fingerprint density at radius 3 is 2.93 bits per heavy atom. The Hall–Kier alpha value is -0.800. The molecule has 0 radical (unpaired) electrons. The molecule has 15 heavy (non-hydrogen) atoms. The highest BCUT2D eigenvalue weighted by Gasteiger charge is 2.39. The van der Waals surface area contributed by atoms with Gasteiger partial charge in [-0.2, -0.15) is 0 Å². The second-order valence-electron chi connectivity index (χ2n) is 3.71. The van der Waals surface area contributed by atoms with Gasteiger partial charge in [-0.15, -0.1) is 0 Å². The Labute approximate surface area is 93.4 Å². The molecule has 0 aromatic heterocycles. The van der Waals surface area contributed by atoms with Crippen LogP contribution >= 0.6 is 11.6 Å². The van der Waals surface area contributed by atoms with Crippen molar-refractivity contribution in [2.24, 2.45) is 0 Å². The molecule has 1 fully saturated rings. The molecule has 0 amide bonds. The number of nitrogens with one attached hydrogen (secondary N) is 1. The molecule has 2 rings (SSSR count). The highest BCUT2D eigenvalue weighted by atomic mass is 35.5. The first kappa shape index (κ1) is 10.7. The maximum absolute atomic E-state index is 14.5. The van der Waals surface area contributed by atoms with Crippen molar-refractivity contribution < 1.29 is 9.13 Å². The van der Waals surface area contributed by atoms with Crippen LogP contribution in [0.25, 0.3) is 0 Å². The predicted octanol–water partition coefficient (Wildman–Crippen LogP) is 2.51. The molecule has 1 saturated heterocycles. The molecule has 4 heteroatoms. The van der Waals surface area contributed by atoms with Gasteiger partial charge in [-0.3, -0.25) is 0 Å². The van der Waals surface area contributed by atoms with Crippen LogP contribution in [0.2, 0.25) is 5.02 Å². The van der Waals surface area contributed by atoms with E-state index in [1.807, 2.05) is 0 Å². The van der Waals surface area contributed by atoms with Gasteiger partial charge in [-0.25, -0.2) is 4.39 Å². The fourth-order valence-corrected chi connectivity index (χ4v) is 2.32. The van der Waals surface area contributed by atoms with E-state index in [0.717, 1.165) is 0 Å². The first-order valence-electron chi connectivity index (χ1n) is 4.90. The SMILES string of the molecule is COc1cccc(Cl)c1C1(F)CCNC1. The van der Waals surface area contributed by atoms with E-state index in [9.17, 15) is 4.39 Å². The molecule has 1 heterocycles. The minimum atomic E-state index is -1.40. The van der Waals surface area contributed by atoms with E-state index in [1.54, 1.807) is 18.2 Å². The molecule has 1 unspecified atom stereocenters. The first-order chi connectivity index (χ1) is 7.17. The standard InChI is InChI=1S/C11H13ClFNO/c1-15-9-4-2-3-8(12)10(9)11(13)5-6-14-7-11/h2-4,14H,5-7H2,1H3. The normalized spacial score (nSPS) is 25.5. The monoisotopic (exact) mass is 229 g/mol. The van der Waals surface area contributed by atoms with Crippen molar-refractivity contribution in [2.45, 2.75) is 12.1 Å². The molecule has 1 aromatic carbocycles. The van der Waals surface area contributed by atoms with Gasteiger partial charge >= 0.3 is 0 Å². The number of methoxy groups -OCH3 is 1. The molecule has 1 aliphatic rings. The quantitative estimate of drug-likeness (QED) is 0.842. The average Bonchev–Trinajstić information content (AvgIpc) is 2.65. The fourth-order valence-electron chi connectivity index (χ4n) is 1.98. The van der Waals surface area contributed by atoms with Crippen LogP contribution in [-0.2, 0) is 5.67 Å². The summed E-state index contributed by atoms with van der Waals surface area (Å²) in [5.74, 6) is 0.522. The minimum absolute atomic E-state index is 0.299. The van der Waals surface area contributed by atoms with E-state index in [-0.39, 0.29) is 0 Å². The second kappa shape index (κ2) is 3.99. The van der Waals surface area contributed by atoms with Crippen LogP contribution in [-0.4, -0.2) is 20.2 Å². The minimum Gasteiger partial charge on any atom is -0.496 e. The van der Waals surface area contributed by atoms with E-state index in [1.165, 1.54) is 7.11 Å². The molecule has 0 spiro atoms. The molecule has 1 atom stereocenters. The topological polar surface area (TPSA) is 21.3 Å². The van der Waals surface area contributed by atoms with E-state index in [2.05, 4.69) is 5.32 Å². The van der Waals surface area contributed by atoms with Gasteiger partial charge in [0.2, 0.25) is 0 Å². The van der Waals surface area contributed by atoms with Gasteiger partial charge in [0, 0.05) is 6.54 Å². The van der Waals surface area contributed by atoms with Crippen molar-refractivity contribution in [3.63, 3.8) is 0 Å². The predicted molar refractivity (Wildman–Crippen MR) is 58.3 cm³/mol. The van der Waals surface area contributed by atoms with Gasteiger partial charge in [-0.1, -0.05) is 17.7 Å². The zero-order chi connectivity index (χ0) is 10.9. The molecule has 0 saturated carbocycles. The number of halogens is 2. The summed E-state index contributed by atoms with van der Waals surface area (Å²) < 4.78 is 19.7. The van der Waals surface area contributed by atoms with E-state index < -0.39 is 5.67 Å². The lowest BCUT2D eigenvalue weighted by atomic mass is 9.94. The van der Waals surface area contributed by atoms with Gasteiger partial charge in [0.05, 0.1) is 17.7 Å². The van der Waals surface area contributed by atoms with Gasteiger partial charge in [0.15, 0.2) is 5.67 Å². The van der Waals surface area contributed by atoms with Crippen molar-refractivity contribution in [1.29, 1.82) is 0 Å². The number of hydrogen-bond acceptors (Lipinski definition) is 2. The van der Waals surface area contributed by atoms with Crippen molar-refractivity contribution in [2.75, 3.05) is 20.2 Å². The van der Waals surface area contributed by atoms with Gasteiger partial charge in [0.25, 0.3) is 0 Å². The third-order valence-electron chi connectivity index (χ3n) is 2.75. The molecule has 2 nitrogen and oxygen atoms in total. The molecule has 0 bridgehead atoms. The second-order valence-corrected chi connectivity index (χ2v) is 4.12. The molecule has 1 aliphatic heterocycles. The first-order valence-corrected chi connectivity index (χ1v) is 5.28. The molecule has 1 aromatic rings. The van der Waals surface area contributed by atoms with Crippen LogP contribution < -0.4 is 10.1 Å². The van der Waals surface area contributed by atoms with E-state index in [0.29, 0.717) is 35.8 Å². The number of alkyl halides is 1. The summed E-state index contributed by atoms with van der Waals surface area (Å²) >= 11 is 6.03. The molecule has 82 valence electrons. The van der Waals surface area contributed by atoms with Crippen LogP contribution in [0, 0.1) is 0 Å². The molecular formula is C11H13ClFNO. The number of rotatable bonds is 2. The zero-order valence-corrected chi connectivity index (χ0v) is 9.27. The van der Waals surface area contributed by atoms with Crippen LogP contribution in [0.5, 0.6) is 5.75 Å². The Balaban J connectivity index is 2.49. The maximum Gasteiger partial charge on any atom is 0.154 e. The number of hydrogen-bond donors (Lipinski definition) is 1. The lowest BCUT2D eigenvalue weighted by molar-refractivity contribution is 0.187. The third-order valence-corrected chi connectivity index (χ3v) is 3.06. The summed E-state index contributed by atoms with van der Waals surface area (Å²) in [6.45, 7) is 0.970. The van der Waals surface area contributed by atoms with E-state index >= 15 is 0 Å². The van der Waals surface area contributed by atoms with Crippen molar-refractivity contribution >= 4 is 11.6 Å². The van der Waals surface area contributed by atoms with Crippen molar-refractivity contribution in [1.82, 2.24) is 5.32 Å².